The molecule has 0 amide bonds. The number of hydrogen-bond donors (Lipinski definition) is 1. The van der Waals surface area contributed by atoms with E-state index in [0.717, 1.165) is 11.3 Å². The van der Waals surface area contributed by atoms with E-state index in [-0.39, 0.29) is 5.56 Å². The predicted molar refractivity (Wildman–Crippen MR) is 96.7 cm³/mol. The summed E-state index contributed by atoms with van der Waals surface area (Å²) in [5.41, 5.74) is 2.37. The number of alkyl halides is 2. The number of carbonyl (C=O) groups is 1. The summed E-state index contributed by atoms with van der Waals surface area (Å²) < 4.78 is 28.6. The first-order valence-corrected chi connectivity index (χ1v) is 8.97. The second-order valence-corrected chi connectivity index (χ2v) is 7.44. The number of carboxylic acids is 1. The lowest BCUT2D eigenvalue weighted by atomic mass is 10.2. The Morgan fingerprint density at radius 3 is 2.75 bits per heavy atom. The number of aromatic nitrogens is 4. The number of aromatic carboxylic acids is 1. The second-order valence-electron chi connectivity index (χ2n) is 7.44. The van der Waals surface area contributed by atoms with Crippen molar-refractivity contribution in [2.24, 2.45) is 11.8 Å². The van der Waals surface area contributed by atoms with Crippen LogP contribution in [0.1, 0.15) is 21.6 Å². The normalized spacial score (nSPS) is 22.5. The molecule has 1 aliphatic carbocycles. The standard InChI is InChI=1S/C19H17F2N5O2/c1-10-11(2-3-16(24-10)25-7-14-15(8-25)19(14,20)21)5-26-6-13(18(27)28)12-4-22-9-23-17(12)26/h2-4,6,9,14-15H,5,7-8H2,1H3,(H,27,28). The van der Waals surface area contributed by atoms with E-state index in [0.29, 0.717) is 36.5 Å². The maximum Gasteiger partial charge on any atom is 0.337 e. The van der Waals surface area contributed by atoms with Crippen LogP contribution in [0.2, 0.25) is 0 Å². The van der Waals surface area contributed by atoms with Gasteiger partial charge in [-0.15, -0.1) is 0 Å². The van der Waals surface area contributed by atoms with E-state index in [9.17, 15) is 18.7 Å². The first-order valence-electron chi connectivity index (χ1n) is 8.97. The molecule has 0 bridgehead atoms. The quantitative estimate of drug-likeness (QED) is 0.743. The third kappa shape index (κ3) is 2.45. The molecule has 1 saturated heterocycles. The van der Waals surface area contributed by atoms with Crippen molar-refractivity contribution in [3.63, 3.8) is 0 Å². The van der Waals surface area contributed by atoms with Crippen molar-refractivity contribution in [1.29, 1.82) is 0 Å². The van der Waals surface area contributed by atoms with Gasteiger partial charge >= 0.3 is 5.97 Å². The number of pyridine rings is 1. The minimum atomic E-state index is -2.51. The van der Waals surface area contributed by atoms with E-state index in [1.807, 2.05) is 24.0 Å². The number of halogens is 2. The minimum Gasteiger partial charge on any atom is -0.478 e. The van der Waals surface area contributed by atoms with Gasteiger partial charge in [0.2, 0.25) is 0 Å². The van der Waals surface area contributed by atoms with Crippen molar-refractivity contribution in [3.05, 3.63) is 47.7 Å². The van der Waals surface area contributed by atoms with Crippen LogP contribution >= 0.6 is 0 Å². The van der Waals surface area contributed by atoms with Crippen molar-refractivity contribution in [2.45, 2.75) is 19.4 Å². The van der Waals surface area contributed by atoms with Crippen LogP contribution in [0.5, 0.6) is 0 Å². The van der Waals surface area contributed by atoms with Gasteiger partial charge in [0.1, 0.15) is 17.8 Å². The van der Waals surface area contributed by atoms with Crippen LogP contribution in [0.25, 0.3) is 11.0 Å². The Bertz CT molecular complexity index is 1100. The highest BCUT2D eigenvalue weighted by molar-refractivity contribution is 6.02. The van der Waals surface area contributed by atoms with Gasteiger partial charge in [0.05, 0.1) is 29.3 Å². The molecule has 2 atom stereocenters. The zero-order chi connectivity index (χ0) is 19.6. The molecule has 0 aromatic carbocycles. The van der Waals surface area contributed by atoms with Crippen LogP contribution in [0.3, 0.4) is 0 Å². The second kappa shape index (κ2) is 5.70. The highest BCUT2D eigenvalue weighted by Gasteiger charge is 2.71. The SMILES string of the molecule is Cc1nc(N2CC3C(C2)C3(F)F)ccc1Cn1cc(C(=O)O)c2cncnc21. The van der Waals surface area contributed by atoms with Crippen molar-refractivity contribution >= 4 is 22.8 Å². The molecule has 1 saturated carbocycles. The van der Waals surface area contributed by atoms with E-state index in [4.69, 9.17) is 0 Å². The fourth-order valence-electron chi connectivity index (χ4n) is 4.12. The summed E-state index contributed by atoms with van der Waals surface area (Å²) in [7, 11) is 0. The number of aryl methyl sites for hydroxylation is 1. The van der Waals surface area contributed by atoms with Gasteiger partial charge in [-0.2, -0.15) is 0 Å². The largest absolute Gasteiger partial charge is 0.478 e. The molecule has 0 spiro atoms. The van der Waals surface area contributed by atoms with Crippen LogP contribution < -0.4 is 4.90 Å². The summed E-state index contributed by atoms with van der Waals surface area (Å²) in [6.45, 7) is 2.95. The minimum absolute atomic E-state index is 0.148. The van der Waals surface area contributed by atoms with Crippen LogP contribution in [0.15, 0.2) is 30.9 Å². The number of rotatable bonds is 4. The Labute approximate surface area is 158 Å². The summed E-state index contributed by atoms with van der Waals surface area (Å²) >= 11 is 0. The Balaban J connectivity index is 1.41. The molecule has 9 heteroatoms. The van der Waals surface area contributed by atoms with E-state index in [1.54, 1.807) is 10.8 Å². The first kappa shape index (κ1) is 17.0. The first-order chi connectivity index (χ1) is 13.4. The van der Waals surface area contributed by atoms with Crippen LogP contribution in [-0.4, -0.2) is 49.6 Å². The van der Waals surface area contributed by atoms with Gasteiger partial charge in [0, 0.05) is 31.2 Å². The number of hydrogen-bond acceptors (Lipinski definition) is 5. The van der Waals surface area contributed by atoms with E-state index >= 15 is 0 Å². The molecule has 3 aromatic heterocycles. The third-order valence-electron chi connectivity index (χ3n) is 5.81. The molecule has 0 radical (unpaired) electrons. The monoisotopic (exact) mass is 385 g/mol. The lowest BCUT2D eigenvalue weighted by Crippen LogP contribution is -2.28. The molecule has 144 valence electrons. The molecule has 28 heavy (non-hydrogen) atoms. The Kier molecular flexibility index (Phi) is 3.47. The van der Waals surface area contributed by atoms with E-state index in [1.165, 1.54) is 12.5 Å². The molecule has 4 heterocycles. The summed E-state index contributed by atoms with van der Waals surface area (Å²) in [6, 6.07) is 3.75. The Morgan fingerprint density at radius 1 is 1.32 bits per heavy atom. The summed E-state index contributed by atoms with van der Waals surface area (Å²) in [5.74, 6) is -3.93. The van der Waals surface area contributed by atoms with Gasteiger partial charge in [-0.25, -0.2) is 28.5 Å². The van der Waals surface area contributed by atoms with E-state index in [2.05, 4.69) is 15.0 Å². The topological polar surface area (TPSA) is 84.1 Å². The summed E-state index contributed by atoms with van der Waals surface area (Å²) in [6.07, 6.45) is 4.42. The van der Waals surface area contributed by atoms with Crippen molar-refractivity contribution in [1.82, 2.24) is 19.5 Å². The summed E-state index contributed by atoms with van der Waals surface area (Å²) in [5, 5.41) is 9.88. The third-order valence-corrected chi connectivity index (χ3v) is 5.81. The van der Waals surface area contributed by atoms with Crippen LogP contribution in [-0.2, 0) is 6.54 Å². The van der Waals surface area contributed by atoms with Gasteiger partial charge < -0.3 is 14.6 Å². The lowest BCUT2D eigenvalue weighted by molar-refractivity contribution is 0.0698. The Hall–Kier alpha value is -3.10. The summed E-state index contributed by atoms with van der Waals surface area (Å²) in [4.78, 5) is 26.1. The maximum atomic E-state index is 13.4. The highest BCUT2D eigenvalue weighted by Crippen LogP contribution is 2.59. The van der Waals surface area contributed by atoms with Gasteiger partial charge in [0.25, 0.3) is 5.92 Å². The van der Waals surface area contributed by atoms with Crippen LogP contribution in [0.4, 0.5) is 14.6 Å². The van der Waals surface area contributed by atoms with Gasteiger partial charge in [0.15, 0.2) is 0 Å². The molecular formula is C19H17F2N5O2. The molecule has 2 unspecified atom stereocenters. The number of fused-ring (bicyclic) bond motifs is 2. The van der Waals surface area contributed by atoms with Crippen molar-refractivity contribution < 1.29 is 18.7 Å². The number of anilines is 1. The average molecular weight is 385 g/mol. The lowest BCUT2D eigenvalue weighted by Gasteiger charge is -2.22. The number of carboxylic acid groups (broad SMARTS) is 1. The molecule has 5 rings (SSSR count). The number of piperidine rings is 1. The van der Waals surface area contributed by atoms with Crippen molar-refractivity contribution in [3.8, 4) is 0 Å². The molecule has 7 nitrogen and oxygen atoms in total. The molecule has 2 fully saturated rings. The van der Waals surface area contributed by atoms with Crippen LogP contribution in [0, 0.1) is 18.8 Å². The molecular weight excluding hydrogens is 368 g/mol. The smallest absolute Gasteiger partial charge is 0.337 e. The molecule has 1 aliphatic heterocycles. The fraction of sp³-hybridized carbons (Fsp3) is 0.368. The zero-order valence-corrected chi connectivity index (χ0v) is 15.0. The maximum absolute atomic E-state index is 13.4. The highest BCUT2D eigenvalue weighted by atomic mass is 19.3. The molecule has 2 aliphatic rings. The zero-order valence-electron chi connectivity index (χ0n) is 15.0. The van der Waals surface area contributed by atoms with Crippen molar-refractivity contribution in [2.75, 3.05) is 18.0 Å². The molecule has 1 N–H and O–H groups in total. The fourth-order valence-corrected chi connectivity index (χ4v) is 4.12. The van der Waals surface area contributed by atoms with Gasteiger partial charge in [-0.3, -0.25) is 0 Å². The van der Waals surface area contributed by atoms with Gasteiger partial charge in [-0.1, -0.05) is 6.07 Å². The van der Waals surface area contributed by atoms with E-state index < -0.39 is 23.7 Å². The average Bonchev–Trinajstić information content (AvgIpc) is 3.06. The predicted octanol–water partition coefficient (Wildman–Crippen LogP) is 2.58. The Morgan fingerprint density at radius 2 is 2.07 bits per heavy atom. The van der Waals surface area contributed by atoms with Gasteiger partial charge in [-0.05, 0) is 18.6 Å². The molecule has 3 aromatic rings. The number of nitrogens with zero attached hydrogens (tertiary/aromatic N) is 5.